The first-order valence-corrected chi connectivity index (χ1v) is 12.0. The lowest BCUT2D eigenvalue weighted by Crippen LogP contribution is -2.45. The van der Waals surface area contributed by atoms with E-state index in [-0.39, 0.29) is 6.04 Å². The summed E-state index contributed by atoms with van der Waals surface area (Å²) in [6, 6.07) is 36.3. The maximum absolute atomic E-state index is 12.6. The summed E-state index contributed by atoms with van der Waals surface area (Å²) in [7, 11) is 0. The molecule has 0 spiro atoms. The molecule has 4 aromatic rings. The van der Waals surface area contributed by atoms with Crippen molar-refractivity contribution in [1.29, 1.82) is 0 Å². The van der Waals surface area contributed by atoms with Crippen molar-refractivity contribution >= 4 is 43.2 Å². The van der Waals surface area contributed by atoms with E-state index < -0.39 is 5.72 Å². The van der Waals surface area contributed by atoms with Gasteiger partial charge in [-0.3, -0.25) is 0 Å². The van der Waals surface area contributed by atoms with Crippen LogP contribution in [-0.2, 0) is 5.72 Å². The predicted octanol–water partition coefficient (Wildman–Crippen LogP) is 7.08. The van der Waals surface area contributed by atoms with Crippen LogP contribution in [0.2, 0.25) is 0 Å². The molecule has 4 aromatic carbocycles. The number of benzene rings is 4. The van der Waals surface area contributed by atoms with E-state index in [2.05, 4.69) is 65.9 Å². The Morgan fingerprint density at radius 1 is 0.656 bits per heavy atom. The zero-order chi connectivity index (χ0) is 22.1. The summed E-state index contributed by atoms with van der Waals surface area (Å²) in [6.07, 6.45) is 0. The number of anilines is 2. The van der Waals surface area contributed by atoms with Crippen molar-refractivity contribution in [3.63, 3.8) is 0 Å². The Hall–Kier alpha value is -2.60. The second-order valence-electron chi connectivity index (χ2n) is 7.90. The van der Waals surface area contributed by atoms with E-state index in [1.807, 2.05) is 84.9 Å². The van der Waals surface area contributed by atoms with Gasteiger partial charge in [0.15, 0.2) is 5.72 Å². The van der Waals surface area contributed by atoms with Crippen molar-refractivity contribution in [3.8, 4) is 0 Å². The molecule has 0 radical (unpaired) electrons. The van der Waals surface area contributed by atoms with Crippen LogP contribution in [0.4, 0.5) is 11.4 Å². The fourth-order valence-corrected chi connectivity index (χ4v) is 5.04. The smallest absolute Gasteiger partial charge is 0.191 e. The van der Waals surface area contributed by atoms with Crippen LogP contribution >= 0.6 is 31.9 Å². The molecule has 160 valence electrons. The van der Waals surface area contributed by atoms with Crippen LogP contribution in [0.15, 0.2) is 118 Å². The summed E-state index contributed by atoms with van der Waals surface area (Å²) in [6.45, 7) is 0.536. The van der Waals surface area contributed by atoms with E-state index in [0.29, 0.717) is 6.67 Å². The van der Waals surface area contributed by atoms with Gasteiger partial charge in [-0.25, -0.2) is 0 Å². The Balaban J connectivity index is 1.73. The molecule has 1 aliphatic heterocycles. The van der Waals surface area contributed by atoms with E-state index in [4.69, 9.17) is 0 Å². The minimum Gasteiger partial charge on any atom is -0.365 e. The first-order chi connectivity index (χ1) is 15.6. The van der Waals surface area contributed by atoms with E-state index in [1.54, 1.807) is 0 Å². The van der Waals surface area contributed by atoms with Gasteiger partial charge in [-0.1, -0.05) is 92.5 Å². The zero-order valence-corrected chi connectivity index (χ0v) is 20.4. The molecule has 0 aromatic heterocycles. The summed E-state index contributed by atoms with van der Waals surface area (Å²) in [4.78, 5) is 4.37. The highest BCUT2D eigenvalue weighted by molar-refractivity contribution is 9.10. The normalized spacial score (nSPS) is 20.5. The van der Waals surface area contributed by atoms with Crippen molar-refractivity contribution in [3.05, 3.63) is 129 Å². The lowest BCUT2D eigenvalue weighted by atomic mass is 9.88. The standard InChI is InChI=1S/C27H22Br2N2O/c28-22-11-15-24(16-12-22)30-19-31(25-17-13-23(29)14-18-25)27(32,21-9-5-2-6-10-21)26(30)20-7-3-1-4-8-20/h1-18,26,32H,19H2/t26-,27?/m1/s1. The highest BCUT2D eigenvalue weighted by Crippen LogP contribution is 2.50. The SMILES string of the molecule is OC1(c2ccccc2)[C@@H](c2ccccc2)N(c2ccc(Br)cc2)CN1c1ccc(Br)cc1. The van der Waals surface area contributed by atoms with Crippen LogP contribution in [0.3, 0.4) is 0 Å². The number of hydrogen-bond acceptors (Lipinski definition) is 3. The molecule has 1 heterocycles. The van der Waals surface area contributed by atoms with Crippen molar-refractivity contribution in [2.24, 2.45) is 0 Å². The van der Waals surface area contributed by atoms with Crippen molar-refractivity contribution in [2.75, 3.05) is 16.5 Å². The largest absolute Gasteiger partial charge is 0.365 e. The third-order valence-corrected chi connectivity index (χ3v) is 7.07. The Bertz CT molecular complexity index is 1180. The van der Waals surface area contributed by atoms with Gasteiger partial charge in [-0.15, -0.1) is 0 Å². The van der Waals surface area contributed by atoms with Gasteiger partial charge in [0.25, 0.3) is 0 Å². The minimum absolute atomic E-state index is 0.309. The first-order valence-electron chi connectivity index (χ1n) is 10.5. The highest BCUT2D eigenvalue weighted by Gasteiger charge is 2.54. The van der Waals surface area contributed by atoms with Crippen LogP contribution in [0.25, 0.3) is 0 Å². The molecule has 2 atom stereocenters. The average molecular weight is 550 g/mol. The summed E-state index contributed by atoms with van der Waals surface area (Å²) >= 11 is 7.08. The van der Waals surface area contributed by atoms with E-state index in [0.717, 1.165) is 31.4 Å². The monoisotopic (exact) mass is 548 g/mol. The second-order valence-corrected chi connectivity index (χ2v) is 9.73. The Labute approximate surface area is 205 Å². The fourth-order valence-electron chi connectivity index (χ4n) is 4.51. The maximum Gasteiger partial charge on any atom is 0.191 e. The molecule has 5 rings (SSSR count). The second kappa shape index (κ2) is 8.74. The van der Waals surface area contributed by atoms with Gasteiger partial charge >= 0.3 is 0 Å². The predicted molar refractivity (Wildman–Crippen MR) is 138 cm³/mol. The van der Waals surface area contributed by atoms with Gasteiger partial charge < -0.3 is 14.9 Å². The topological polar surface area (TPSA) is 26.7 Å². The molecule has 1 aliphatic rings. The Kier molecular flexibility index (Phi) is 5.80. The number of rotatable bonds is 4. The molecule has 1 fully saturated rings. The number of hydrogen-bond donors (Lipinski definition) is 1. The molecule has 5 heteroatoms. The molecule has 1 N–H and O–H groups in total. The lowest BCUT2D eigenvalue weighted by molar-refractivity contribution is 0.0294. The van der Waals surface area contributed by atoms with Gasteiger partial charge in [-0.2, -0.15) is 0 Å². The van der Waals surface area contributed by atoms with Gasteiger partial charge in [0.1, 0.15) is 6.04 Å². The van der Waals surface area contributed by atoms with Gasteiger partial charge in [-0.05, 0) is 54.1 Å². The molecule has 0 amide bonds. The van der Waals surface area contributed by atoms with Crippen molar-refractivity contribution in [1.82, 2.24) is 0 Å². The van der Waals surface area contributed by atoms with E-state index >= 15 is 0 Å². The molecule has 1 unspecified atom stereocenters. The summed E-state index contributed by atoms with van der Waals surface area (Å²) in [5, 5.41) is 12.6. The van der Waals surface area contributed by atoms with E-state index in [1.165, 1.54) is 0 Å². The lowest BCUT2D eigenvalue weighted by Gasteiger charge is -2.39. The van der Waals surface area contributed by atoms with Crippen molar-refractivity contribution in [2.45, 2.75) is 11.8 Å². The van der Waals surface area contributed by atoms with Crippen LogP contribution in [0, 0.1) is 0 Å². The number of halogens is 2. The number of aliphatic hydroxyl groups is 1. The zero-order valence-electron chi connectivity index (χ0n) is 17.3. The summed E-state index contributed by atoms with van der Waals surface area (Å²) < 4.78 is 2.04. The Morgan fingerprint density at radius 3 is 1.72 bits per heavy atom. The van der Waals surface area contributed by atoms with Crippen LogP contribution in [0.1, 0.15) is 17.2 Å². The molecule has 0 saturated carbocycles. The quantitative estimate of drug-likeness (QED) is 0.294. The third-order valence-electron chi connectivity index (χ3n) is 6.01. The highest BCUT2D eigenvalue weighted by atomic mass is 79.9. The summed E-state index contributed by atoms with van der Waals surface area (Å²) in [5.74, 6) is 0. The minimum atomic E-state index is -1.27. The molecule has 1 saturated heterocycles. The molecule has 0 bridgehead atoms. The van der Waals surface area contributed by atoms with E-state index in [9.17, 15) is 5.11 Å². The number of nitrogens with zero attached hydrogens (tertiary/aromatic N) is 2. The summed E-state index contributed by atoms with van der Waals surface area (Å²) in [5.41, 5.74) is 2.65. The van der Waals surface area contributed by atoms with Crippen LogP contribution < -0.4 is 9.80 Å². The fraction of sp³-hybridized carbons (Fsp3) is 0.111. The molecule has 0 aliphatic carbocycles. The Morgan fingerprint density at radius 2 is 1.16 bits per heavy atom. The van der Waals surface area contributed by atoms with Crippen molar-refractivity contribution < 1.29 is 5.11 Å². The third kappa shape index (κ3) is 3.75. The molecular weight excluding hydrogens is 528 g/mol. The molecule has 3 nitrogen and oxygen atoms in total. The average Bonchev–Trinajstić information content (AvgIpc) is 3.15. The molecule has 32 heavy (non-hydrogen) atoms. The van der Waals surface area contributed by atoms with Crippen LogP contribution in [-0.4, -0.2) is 11.8 Å². The van der Waals surface area contributed by atoms with Gasteiger partial charge in [0.05, 0.1) is 6.67 Å². The maximum atomic E-state index is 12.6. The molecular formula is C27H22Br2N2O. The first kappa shape index (κ1) is 21.3. The van der Waals surface area contributed by atoms with Crippen LogP contribution in [0.5, 0.6) is 0 Å². The van der Waals surface area contributed by atoms with Gasteiger partial charge in [0.2, 0.25) is 0 Å². The van der Waals surface area contributed by atoms with Gasteiger partial charge in [0, 0.05) is 25.9 Å².